The lowest BCUT2D eigenvalue weighted by Crippen LogP contribution is -2.24. The summed E-state index contributed by atoms with van der Waals surface area (Å²) in [6.45, 7) is 7.80. The van der Waals surface area contributed by atoms with Gasteiger partial charge in [-0.2, -0.15) is 0 Å². The first-order chi connectivity index (χ1) is 8.27. The van der Waals surface area contributed by atoms with E-state index in [-0.39, 0.29) is 0 Å². The molecule has 94 valence electrons. The van der Waals surface area contributed by atoms with Gasteiger partial charge in [-0.15, -0.1) is 0 Å². The summed E-state index contributed by atoms with van der Waals surface area (Å²) in [6, 6.07) is 9.33. The van der Waals surface area contributed by atoms with Gasteiger partial charge in [0.15, 0.2) is 0 Å². The lowest BCUT2D eigenvalue weighted by atomic mass is 9.99. The molecule has 2 heteroatoms. The lowest BCUT2D eigenvalue weighted by molar-refractivity contribution is 0.458. The van der Waals surface area contributed by atoms with Crippen LogP contribution in [0.5, 0.6) is 0 Å². The van der Waals surface area contributed by atoms with Crippen LogP contribution in [-0.2, 0) is 6.54 Å². The Labute approximate surface area is 105 Å². The molecule has 2 rings (SSSR count). The number of rotatable bonds is 4. The van der Waals surface area contributed by atoms with Crippen molar-refractivity contribution in [3.63, 3.8) is 0 Å². The molecule has 0 aromatic heterocycles. The summed E-state index contributed by atoms with van der Waals surface area (Å²) < 4.78 is 0. The van der Waals surface area contributed by atoms with E-state index in [4.69, 9.17) is 0 Å². The number of benzene rings is 1. The van der Waals surface area contributed by atoms with Crippen LogP contribution >= 0.6 is 0 Å². The minimum atomic E-state index is 0.528. The van der Waals surface area contributed by atoms with Gasteiger partial charge in [0, 0.05) is 12.6 Å². The summed E-state index contributed by atoms with van der Waals surface area (Å²) in [7, 11) is 0. The molecule has 17 heavy (non-hydrogen) atoms. The minimum absolute atomic E-state index is 0.528. The van der Waals surface area contributed by atoms with Crippen LogP contribution in [0.4, 0.5) is 0 Å². The molecule has 2 nitrogen and oxygen atoms in total. The highest BCUT2D eigenvalue weighted by atomic mass is 14.9. The van der Waals surface area contributed by atoms with Gasteiger partial charge in [-0.3, -0.25) is 0 Å². The van der Waals surface area contributed by atoms with E-state index < -0.39 is 0 Å². The molecular weight excluding hydrogens is 208 g/mol. The zero-order chi connectivity index (χ0) is 12.1. The van der Waals surface area contributed by atoms with Crippen LogP contribution in [0.3, 0.4) is 0 Å². The van der Waals surface area contributed by atoms with Crippen molar-refractivity contribution in [2.24, 2.45) is 5.92 Å². The first kappa shape index (κ1) is 12.6. The second-order valence-corrected chi connectivity index (χ2v) is 5.35. The Morgan fingerprint density at radius 3 is 3.00 bits per heavy atom. The molecule has 2 N–H and O–H groups in total. The highest BCUT2D eigenvalue weighted by Crippen LogP contribution is 2.23. The Morgan fingerprint density at radius 2 is 2.18 bits per heavy atom. The van der Waals surface area contributed by atoms with Crippen LogP contribution in [0.2, 0.25) is 0 Å². The predicted molar refractivity (Wildman–Crippen MR) is 73.0 cm³/mol. The number of hydrogen-bond acceptors (Lipinski definition) is 2. The lowest BCUT2D eigenvalue weighted by Gasteiger charge is -2.19. The first-order valence-corrected chi connectivity index (χ1v) is 6.79. The molecule has 0 amide bonds. The van der Waals surface area contributed by atoms with E-state index in [1.807, 2.05) is 0 Å². The van der Waals surface area contributed by atoms with Gasteiger partial charge >= 0.3 is 0 Å². The molecule has 0 fully saturated rings. The maximum absolute atomic E-state index is 3.71. The minimum Gasteiger partial charge on any atom is -0.313 e. The molecule has 0 radical (unpaired) electrons. The van der Waals surface area contributed by atoms with Crippen molar-refractivity contribution in [2.45, 2.75) is 39.3 Å². The van der Waals surface area contributed by atoms with Gasteiger partial charge < -0.3 is 10.6 Å². The van der Waals surface area contributed by atoms with Gasteiger partial charge in [0.1, 0.15) is 0 Å². The van der Waals surface area contributed by atoms with E-state index in [0.29, 0.717) is 6.04 Å². The van der Waals surface area contributed by atoms with Gasteiger partial charge in [-0.05, 0) is 43.0 Å². The van der Waals surface area contributed by atoms with E-state index in [1.54, 1.807) is 0 Å². The molecule has 1 aromatic rings. The van der Waals surface area contributed by atoms with Gasteiger partial charge in [-0.1, -0.05) is 38.1 Å². The summed E-state index contributed by atoms with van der Waals surface area (Å²) in [5.41, 5.74) is 2.94. The number of fused-ring (bicyclic) bond motifs is 1. The molecule has 1 unspecified atom stereocenters. The molecule has 1 aliphatic heterocycles. The molecule has 0 bridgehead atoms. The standard InChI is InChI=1S/C15H24N2/c1-12(2)7-10-17-15-8-9-16-11-13-5-3-4-6-14(13)15/h3-6,12,15-17H,7-11H2,1-2H3. The first-order valence-electron chi connectivity index (χ1n) is 6.79. The predicted octanol–water partition coefficient (Wildman–Crippen LogP) is 2.86. The molecule has 1 heterocycles. The van der Waals surface area contributed by atoms with Crippen LogP contribution in [0, 0.1) is 5.92 Å². The zero-order valence-electron chi connectivity index (χ0n) is 11.0. The monoisotopic (exact) mass is 232 g/mol. The largest absolute Gasteiger partial charge is 0.313 e. The summed E-state index contributed by atoms with van der Waals surface area (Å²) in [4.78, 5) is 0. The second-order valence-electron chi connectivity index (χ2n) is 5.35. The normalized spacial score (nSPS) is 20.1. The second kappa shape index (κ2) is 6.18. The third kappa shape index (κ3) is 3.55. The van der Waals surface area contributed by atoms with Crippen molar-refractivity contribution in [3.8, 4) is 0 Å². The van der Waals surface area contributed by atoms with E-state index in [2.05, 4.69) is 48.7 Å². The van der Waals surface area contributed by atoms with E-state index >= 15 is 0 Å². The maximum Gasteiger partial charge on any atom is 0.0335 e. The summed E-state index contributed by atoms with van der Waals surface area (Å²) >= 11 is 0. The van der Waals surface area contributed by atoms with Crippen molar-refractivity contribution in [1.82, 2.24) is 10.6 Å². The highest BCUT2D eigenvalue weighted by Gasteiger charge is 2.16. The SMILES string of the molecule is CC(C)CCNC1CCNCc2ccccc21. The van der Waals surface area contributed by atoms with Gasteiger partial charge in [0.25, 0.3) is 0 Å². The topological polar surface area (TPSA) is 24.1 Å². The van der Waals surface area contributed by atoms with E-state index in [0.717, 1.165) is 25.6 Å². The van der Waals surface area contributed by atoms with Crippen molar-refractivity contribution in [1.29, 1.82) is 0 Å². The molecule has 0 saturated heterocycles. The molecule has 1 atom stereocenters. The molecule has 1 aliphatic rings. The van der Waals surface area contributed by atoms with Crippen LogP contribution in [-0.4, -0.2) is 13.1 Å². The Hall–Kier alpha value is -0.860. The Bertz CT molecular complexity index is 347. The van der Waals surface area contributed by atoms with Gasteiger partial charge in [-0.25, -0.2) is 0 Å². The van der Waals surface area contributed by atoms with E-state index in [1.165, 1.54) is 24.0 Å². The summed E-state index contributed by atoms with van der Waals surface area (Å²) in [6.07, 6.45) is 2.45. The molecule has 0 saturated carbocycles. The smallest absolute Gasteiger partial charge is 0.0335 e. The molecule has 0 aliphatic carbocycles. The van der Waals surface area contributed by atoms with Crippen molar-refractivity contribution < 1.29 is 0 Å². The third-order valence-corrected chi connectivity index (χ3v) is 3.47. The third-order valence-electron chi connectivity index (χ3n) is 3.47. The van der Waals surface area contributed by atoms with Gasteiger partial charge in [0.2, 0.25) is 0 Å². The van der Waals surface area contributed by atoms with Crippen LogP contribution < -0.4 is 10.6 Å². The van der Waals surface area contributed by atoms with Crippen molar-refractivity contribution >= 4 is 0 Å². The highest BCUT2D eigenvalue weighted by molar-refractivity contribution is 5.30. The number of hydrogen-bond donors (Lipinski definition) is 2. The molecule has 0 spiro atoms. The fraction of sp³-hybridized carbons (Fsp3) is 0.600. The molecule has 1 aromatic carbocycles. The Kier molecular flexibility index (Phi) is 4.57. The van der Waals surface area contributed by atoms with Crippen LogP contribution in [0.25, 0.3) is 0 Å². The van der Waals surface area contributed by atoms with Crippen LogP contribution in [0.1, 0.15) is 43.9 Å². The maximum atomic E-state index is 3.71. The quantitative estimate of drug-likeness (QED) is 0.834. The Morgan fingerprint density at radius 1 is 1.35 bits per heavy atom. The Balaban J connectivity index is 2.01. The number of nitrogens with one attached hydrogen (secondary N) is 2. The van der Waals surface area contributed by atoms with E-state index in [9.17, 15) is 0 Å². The van der Waals surface area contributed by atoms with Gasteiger partial charge in [0.05, 0.1) is 0 Å². The average Bonchev–Trinajstić information content (AvgIpc) is 2.52. The van der Waals surface area contributed by atoms with Crippen molar-refractivity contribution in [3.05, 3.63) is 35.4 Å². The summed E-state index contributed by atoms with van der Waals surface area (Å²) in [5.74, 6) is 0.779. The summed E-state index contributed by atoms with van der Waals surface area (Å²) in [5, 5.41) is 7.20. The fourth-order valence-corrected chi connectivity index (χ4v) is 2.42. The fourth-order valence-electron chi connectivity index (χ4n) is 2.42. The van der Waals surface area contributed by atoms with Crippen LogP contribution in [0.15, 0.2) is 24.3 Å². The zero-order valence-corrected chi connectivity index (χ0v) is 11.0. The van der Waals surface area contributed by atoms with Crippen molar-refractivity contribution in [2.75, 3.05) is 13.1 Å². The molecular formula is C15H24N2. The average molecular weight is 232 g/mol.